The number of hydrogen-bond donors (Lipinski definition) is 1. The molecule has 2 aromatic rings. The van der Waals surface area contributed by atoms with E-state index in [0.717, 1.165) is 12.0 Å². The summed E-state index contributed by atoms with van der Waals surface area (Å²) < 4.78 is 11.2. The van der Waals surface area contributed by atoms with Crippen molar-refractivity contribution in [2.75, 3.05) is 6.61 Å². The molecule has 2 N–H and O–H groups in total. The number of rotatable bonds is 3. The standard InChI is InChI=1S/C14H17N3O2/c1-9-7-11(8-18-9)13-16-17-14(19-13)12(15)10-5-3-2-4-6-10/h2-6,9,11-12H,7-8,15H2,1H3. The second-order valence-electron chi connectivity index (χ2n) is 4.94. The Morgan fingerprint density at radius 3 is 2.74 bits per heavy atom. The van der Waals surface area contributed by atoms with Gasteiger partial charge < -0.3 is 14.9 Å². The molecule has 1 aromatic heterocycles. The third-order valence-electron chi connectivity index (χ3n) is 3.43. The van der Waals surface area contributed by atoms with Crippen molar-refractivity contribution in [2.45, 2.75) is 31.4 Å². The highest BCUT2D eigenvalue weighted by molar-refractivity contribution is 5.22. The average Bonchev–Trinajstić information content (AvgIpc) is 3.07. The minimum atomic E-state index is -0.373. The molecule has 5 heteroatoms. The zero-order valence-electron chi connectivity index (χ0n) is 10.8. The van der Waals surface area contributed by atoms with E-state index in [0.29, 0.717) is 18.4 Å². The summed E-state index contributed by atoms with van der Waals surface area (Å²) in [6.07, 6.45) is 1.17. The van der Waals surface area contributed by atoms with Gasteiger partial charge >= 0.3 is 0 Å². The first-order chi connectivity index (χ1) is 9.24. The Bertz CT molecular complexity index is 541. The van der Waals surface area contributed by atoms with Crippen LogP contribution in [0.5, 0.6) is 0 Å². The van der Waals surface area contributed by atoms with Gasteiger partial charge in [0, 0.05) is 0 Å². The van der Waals surface area contributed by atoms with Crippen LogP contribution in [0.25, 0.3) is 0 Å². The number of nitrogens with zero attached hydrogens (tertiary/aromatic N) is 2. The molecule has 1 aliphatic heterocycles. The van der Waals surface area contributed by atoms with Gasteiger partial charge in [0.15, 0.2) is 0 Å². The van der Waals surface area contributed by atoms with Crippen LogP contribution < -0.4 is 5.73 Å². The Balaban J connectivity index is 1.78. The van der Waals surface area contributed by atoms with Crippen molar-refractivity contribution in [3.8, 4) is 0 Å². The minimum absolute atomic E-state index is 0.194. The van der Waals surface area contributed by atoms with Crippen molar-refractivity contribution in [3.63, 3.8) is 0 Å². The molecule has 0 amide bonds. The number of benzene rings is 1. The van der Waals surface area contributed by atoms with Gasteiger partial charge in [-0.15, -0.1) is 10.2 Å². The SMILES string of the molecule is CC1CC(c2nnc(C(N)c3ccccc3)o2)CO1. The lowest BCUT2D eigenvalue weighted by atomic mass is 10.1. The van der Waals surface area contributed by atoms with Gasteiger partial charge in [-0.1, -0.05) is 30.3 Å². The molecule has 3 rings (SSSR count). The zero-order valence-corrected chi connectivity index (χ0v) is 10.8. The molecule has 19 heavy (non-hydrogen) atoms. The Morgan fingerprint density at radius 2 is 2.05 bits per heavy atom. The molecule has 2 heterocycles. The van der Waals surface area contributed by atoms with E-state index in [9.17, 15) is 0 Å². The highest BCUT2D eigenvalue weighted by atomic mass is 16.5. The molecule has 1 aromatic carbocycles. The highest BCUT2D eigenvalue weighted by Gasteiger charge is 2.29. The maximum Gasteiger partial charge on any atom is 0.237 e. The molecule has 1 fully saturated rings. The smallest absolute Gasteiger partial charge is 0.237 e. The lowest BCUT2D eigenvalue weighted by Gasteiger charge is -2.06. The summed E-state index contributed by atoms with van der Waals surface area (Å²) in [6, 6.07) is 9.37. The summed E-state index contributed by atoms with van der Waals surface area (Å²) in [5, 5.41) is 8.17. The van der Waals surface area contributed by atoms with Gasteiger partial charge in [0.1, 0.15) is 6.04 Å². The molecule has 1 saturated heterocycles. The lowest BCUT2D eigenvalue weighted by Crippen LogP contribution is -2.12. The van der Waals surface area contributed by atoms with Crippen LogP contribution in [0.1, 0.15) is 42.6 Å². The monoisotopic (exact) mass is 259 g/mol. The topological polar surface area (TPSA) is 74.2 Å². The number of ether oxygens (including phenoxy) is 1. The summed E-state index contributed by atoms with van der Waals surface area (Å²) in [6.45, 7) is 2.69. The summed E-state index contributed by atoms with van der Waals surface area (Å²) in [5.41, 5.74) is 7.09. The second-order valence-corrected chi connectivity index (χ2v) is 4.94. The van der Waals surface area contributed by atoms with Crippen LogP contribution in [-0.4, -0.2) is 22.9 Å². The first-order valence-corrected chi connectivity index (χ1v) is 6.49. The van der Waals surface area contributed by atoms with Gasteiger partial charge in [0.05, 0.1) is 18.6 Å². The van der Waals surface area contributed by atoms with Gasteiger partial charge in [-0.2, -0.15) is 0 Å². The molecule has 1 aliphatic rings. The van der Waals surface area contributed by atoms with Crippen LogP contribution in [0.4, 0.5) is 0 Å². The van der Waals surface area contributed by atoms with E-state index in [1.54, 1.807) is 0 Å². The molecule has 3 atom stereocenters. The molecule has 0 radical (unpaired) electrons. The number of nitrogens with two attached hydrogens (primary N) is 1. The van der Waals surface area contributed by atoms with Crippen molar-refractivity contribution >= 4 is 0 Å². The van der Waals surface area contributed by atoms with E-state index >= 15 is 0 Å². The molecule has 3 unspecified atom stereocenters. The normalized spacial score (nSPS) is 24.5. The Kier molecular flexibility index (Phi) is 3.31. The summed E-state index contributed by atoms with van der Waals surface area (Å²) in [7, 11) is 0. The Hall–Kier alpha value is -1.72. The van der Waals surface area contributed by atoms with Crippen LogP contribution in [-0.2, 0) is 4.74 Å². The van der Waals surface area contributed by atoms with Crippen molar-refractivity contribution < 1.29 is 9.15 Å². The summed E-state index contributed by atoms with van der Waals surface area (Å²) >= 11 is 0. The Labute approximate surface area is 111 Å². The third-order valence-corrected chi connectivity index (χ3v) is 3.43. The second kappa shape index (κ2) is 5.11. The van der Waals surface area contributed by atoms with E-state index in [-0.39, 0.29) is 18.1 Å². The zero-order chi connectivity index (χ0) is 13.2. The van der Waals surface area contributed by atoms with Crippen LogP contribution >= 0.6 is 0 Å². The summed E-state index contributed by atoms with van der Waals surface area (Å²) in [4.78, 5) is 0. The van der Waals surface area contributed by atoms with Gasteiger partial charge in [0.2, 0.25) is 11.8 Å². The predicted octanol–water partition coefficient (Wildman–Crippen LogP) is 2.01. The van der Waals surface area contributed by atoms with Crippen molar-refractivity contribution in [3.05, 3.63) is 47.7 Å². The molecular formula is C14H17N3O2. The fourth-order valence-electron chi connectivity index (χ4n) is 2.33. The first-order valence-electron chi connectivity index (χ1n) is 6.49. The fraction of sp³-hybridized carbons (Fsp3) is 0.429. The van der Waals surface area contributed by atoms with Crippen LogP contribution in [0.15, 0.2) is 34.7 Å². The predicted molar refractivity (Wildman–Crippen MR) is 69.5 cm³/mol. The van der Waals surface area contributed by atoms with Crippen molar-refractivity contribution in [1.29, 1.82) is 0 Å². The molecule has 0 spiro atoms. The van der Waals surface area contributed by atoms with Gasteiger partial charge in [-0.25, -0.2) is 0 Å². The van der Waals surface area contributed by atoms with Crippen LogP contribution in [0.3, 0.4) is 0 Å². The average molecular weight is 259 g/mol. The Morgan fingerprint density at radius 1 is 1.26 bits per heavy atom. The van der Waals surface area contributed by atoms with Crippen LogP contribution in [0, 0.1) is 0 Å². The largest absolute Gasteiger partial charge is 0.423 e. The van der Waals surface area contributed by atoms with E-state index in [1.807, 2.05) is 37.3 Å². The lowest BCUT2D eigenvalue weighted by molar-refractivity contribution is 0.122. The molecule has 5 nitrogen and oxygen atoms in total. The molecule has 0 bridgehead atoms. The molecule has 100 valence electrons. The van der Waals surface area contributed by atoms with E-state index in [1.165, 1.54) is 0 Å². The third kappa shape index (κ3) is 2.52. The maximum absolute atomic E-state index is 6.13. The van der Waals surface area contributed by atoms with Gasteiger partial charge in [-0.3, -0.25) is 0 Å². The van der Waals surface area contributed by atoms with Crippen molar-refractivity contribution in [1.82, 2.24) is 10.2 Å². The molecular weight excluding hydrogens is 242 g/mol. The van der Waals surface area contributed by atoms with Gasteiger partial charge in [0.25, 0.3) is 0 Å². The fourth-order valence-corrected chi connectivity index (χ4v) is 2.33. The van der Waals surface area contributed by atoms with Gasteiger partial charge in [-0.05, 0) is 18.9 Å². The maximum atomic E-state index is 6.13. The van der Waals surface area contributed by atoms with Crippen molar-refractivity contribution in [2.24, 2.45) is 5.73 Å². The molecule has 0 saturated carbocycles. The van der Waals surface area contributed by atoms with E-state index in [4.69, 9.17) is 14.9 Å². The quantitative estimate of drug-likeness (QED) is 0.912. The number of aromatic nitrogens is 2. The van der Waals surface area contributed by atoms with E-state index < -0.39 is 0 Å². The molecule has 0 aliphatic carbocycles. The van der Waals surface area contributed by atoms with Crippen LogP contribution in [0.2, 0.25) is 0 Å². The minimum Gasteiger partial charge on any atom is -0.423 e. The number of hydrogen-bond acceptors (Lipinski definition) is 5. The first kappa shape index (κ1) is 12.3. The highest BCUT2D eigenvalue weighted by Crippen LogP contribution is 2.29. The van der Waals surface area contributed by atoms with E-state index in [2.05, 4.69) is 10.2 Å². The summed E-state index contributed by atoms with van der Waals surface area (Å²) in [5.74, 6) is 1.28.